The molecule has 2 aromatic heterocycles. The van der Waals surface area contributed by atoms with Gasteiger partial charge in [0.15, 0.2) is 0 Å². The lowest BCUT2D eigenvalue weighted by Gasteiger charge is -2.41. The number of aromatic nitrogens is 3. The maximum absolute atomic E-state index is 14.0. The molecule has 0 spiro atoms. The van der Waals surface area contributed by atoms with Crippen molar-refractivity contribution in [1.82, 2.24) is 35.8 Å². The van der Waals surface area contributed by atoms with Crippen molar-refractivity contribution in [3.05, 3.63) is 95.9 Å². The second kappa shape index (κ2) is 17.1. The molecule has 0 bridgehead atoms. The Hall–Kier alpha value is -4.94. The Balaban J connectivity index is 1.33. The first kappa shape index (κ1) is 38.3. The maximum atomic E-state index is 14.0. The summed E-state index contributed by atoms with van der Waals surface area (Å²) in [5.74, 6) is -1.32. The Morgan fingerprint density at radius 2 is 1.69 bits per heavy atom. The average molecular weight is 710 g/mol. The van der Waals surface area contributed by atoms with Gasteiger partial charge in [-0.05, 0) is 70.2 Å². The number of aliphatic hydroxyl groups is 1. The fourth-order valence-electron chi connectivity index (χ4n) is 6.40. The van der Waals surface area contributed by atoms with Crippen LogP contribution >= 0.6 is 0 Å². The fourth-order valence-corrected chi connectivity index (χ4v) is 6.40. The molecular weight excluding hydrogens is 658 g/mol. The number of aryl methyl sites for hydroxylation is 1. The number of nitrogens with one attached hydrogen (secondary N) is 3. The van der Waals surface area contributed by atoms with E-state index in [9.17, 15) is 19.5 Å². The molecule has 276 valence electrons. The minimum atomic E-state index is -1.06. The molecule has 0 saturated carbocycles. The highest BCUT2D eigenvalue weighted by Gasteiger charge is 2.38. The SMILES string of the molecule is Cc1ccnc(OC2CCN(CC(O)C(Cc3ccccc3)NC(=O)[C@@H](NC(=O)c3ccc4ccccc4n3)C(C)C)C(C(=O)NC(C)(C)C)C2)n1. The van der Waals surface area contributed by atoms with Crippen LogP contribution in [0.1, 0.15) is 69.2 Å². The van der Waals surface area contributed by atoms with Crippen molar-refractivity contribution in [1.29, 1.82) is 0 Å². The number of fused-ring (bicyclic) bond motifs is 1. The molecule has 3 amide bonds. The number of benzene rings is 2. The molecule has 1 saturated heterocycles. The number of piperidine rings is 1. The number of nitrogens with zero attached hydrogens (tertiary/aromatic N) is 4. The molecule has 12 heteroatoms. The van der Waals surface area contributed by atoms with E-state index in [4.69, 9.17) is 4.74 Å². The predicted molar refractivity (Wildman–Crippen MR) is 200 cm³/mol. The third-order valence-corrected chi connectivity index (χ3v) is 9.09. The molecule has 0 aliphatic carbocycles. The number of β-amino-alcohol motifs (C(OH)–C–C–N with tert-alkyl or cyclic N) is 1. The highest BCUT2D eigenvalue weighted by atomic mass is 16.5. The highest BCUT2D eigenvalue weighted by Crippen LogP contribution is 2.24. The van der Waals surface area contributed by atoms with Gasteiger partial charge in [0.2, 0.25) is 11.8 Å². The summed E-state index contributed by atoms with van der Waals surface area (Å²) >= 11 is 0. The van der Waals surface area contributed by atoms with E-state index in [1.807, 2.05) is 107 Å². The molecule has 52 heavy (non-hydrogen) atoms. The number of hydrogen-bond donors (Lipinski definition) is 4. The number of likely N-dealkylation sites (tertiary alicyclic amines) is 1. The predicted octanol–water partition coefficient (Wildman–Crippen LogP) is 4.00. The summed E-state index contributed by atoms with van der Waals surface area (Å²) in [5, 5.41) is 21.8. The molecule has 2 aromatic carbocycles. The largest absolute Gasteiger partial charge is 0.460 e. The lowest BCUT2D eigenvalue weighted by Crippen LogP contribution is -2.60. The van der Waals surface area contributed by atoms with Crippen LogP contribution in [0, 0.1) is 12.8 Å². The summed E-state index contributed by atoms with van der Waals surface area (Å²) in [4.78, 5) is 56.1. The van der Waals surface area contributed by atoms with Gasteiger partial charge in [0, 0.05) is 42.3 Å². The normalized spacial score (nSPS) is 18.3. The topological polar surface area (TPSA) is 159 Å². The molecular formula is C40H51N7O5. The Kier molecular flexibility index (Phi) is 12.6. The van der Waals surface area contributed by atoms with Crippen LogP contribution in [-0.2, 0) is 16.0 Å². The quantitative estimate of drug-likeness (QED) is 0.161. The van der Waals surface area contributed by atoms with Crippen molar-refractivity contribution in [2.24, 2.45) is 5.92 Å². The zero-order chi connectivity index (χ0) is 37.4. The second-order valence-electron chi connectivity index (χ2n) is 15.0. The Morgan fingerprint density at radius 1 is 0.962 bits per heavy atom. The van der Waals surface area contributed by atoms with Crippen molar-refractivity contribution < 1.29 is 24.2 Å². The first-order chi connectivity index (χ1) is 24.8. The number of pyridine rings is 1. The van der Waals surface area contributed by atoms with Crippen LogP contribution in [0.5, 0.6) is 6.01 Å². The van der Waals surface area contributed by atoms with Gasteiger partial charge in [0.25, 0.3) is 5.91 Å². The lowest BCUT2D eigenvalue weighted by molar-refractivity contribution is -0.132. The number of aliphatic hydroxyl groups excluding tert-OH is 1. The van der Waals surface area contributed by atoms with E-state index >= 15 is 0 Å². The molecule has 1 aliphatic rings. The van der Waals surface area contributed by atoms with Crippen LogP contribution in [0.4, 0.5) is 0 Å². The Labute approximate surface area is 305 Å². The van der Waals surface area contributed by atoms with Crippen LogP contribution in [0.2, 0.25) is 0 Å². The molecule has 4 N–H and O–H groups in total. The third kappa shape index (κ3) is 10.5. The van der Waals surface area contributed by atoms with Gasteiger partial charge in [0.1, 0.15) is 17.8 Å². The monoisotopic (exact) mass is 709 g/mol. The molecule has 4 unspecified atom stereocenters. The molecule has 1 fully saturated rings. The second-order valence-corrected chi connectivity index (χ2v) is 15.0. The molecule has 5 rings (SSSR count). The van der Waals surface area contributed by atoms with E-state index in [0.717, 1.165) is 16.6 Å². The number of amides is 3. The molecule has 3 heterocycles. The zero-order valence-electron chi connectivity index (χ0n) is 30.9. The molecule has 5 atom stereocenters. The average Bonchev–Trinajstić information content (AvgIpc) is 3.10. The molecule has 4 aromatic rings. The van der Waals surface area contributed by atoms with Gasteiger partial charge in [-0.2, -0.15) is 0 Å². The third-order valence-electron chi connectivity index (χ3n) is 9.09. The van der Waals surface area contributed by atoms with Crippen molar-refractivity contribution in [2.75, 3.05) is 13.1 Å². The number of carbonyl (C=O) groups excluding carboxylic acids is 3. The van der Waals surface area contributed by atoms with Crippen LogP contribution in [0.3, 0.4) is 0 Å². The van der Waals surface area contributed by atoms with E-state index in [0.29, 0.717) is 31.3 Å². The van der Waals surface area contributed by atoms with Crippen molar-refractivity contribution in [3.63, 3.8) is 0 Å². The highest BCUT2D eigenvalue weighted by molar-refractivity contribution is 5.98. The van der Waals surface area contributed by atoms with Gasteiger partial charge in [0.05, 0.1) is 23.7 Å². The fraction of sp³-hybridized carbons (Fsp3) is 0.450. The Morgan fingerprint density at radius 3 is 2.40 bits per heavy atom. The molecule has 0 radical (unpaired) electrons. The lowest BCUT2D eigenvalue weighted by atomic mass is 9.94. The zero-order valence-corrected chi connectivity index (χ0v) is 30.9. The van der Waals surface area contributed by atoms with Crippen molar-refractivity contribution >= 4 is 28.6 Å². The standard InChI is InChI=1S/C40H51N7O5/c1-25(2)35(45-36(49)31-17-16-28-14-10-11-15-30(28)43-31)38(51)44-32(22-27-12-8-7-9-13-27)34(48)24-47-21-19-29(52-39-41-20-18-26(3)42-39)23-33(47)37(50)46-40(4,5)6/h7-18,20,25,29,32-35,48H,19,21-24H2,1-6H3,(H,44,51)(H,45,49)(H,46,50)/t29?,32?,33?,34?,35-/m0/s1. The Bertz CT molecular complexity index is 1830. The van der Waals surface area contributed by atoms with Crippen LogP contribution in [0.15, 0.2) is 79.0 Å². The minimum absolute atomic E-state index is 0.118. The van der Waals surface area contributed by atoms with Crippen LogP contribution in [0.25, 0.3) is 10.9 Å². The number of hydrogen-bond acceptors (Lipinski definition) is 9. The van der Waals surface area contributed by atoms with Gasteiger partial charge in [-0.25, -0.2) is 15.0 Å². The summed E-state index contributed by atoms with van der Waals surface area (Å²) in [5.41, 5.74) is 2.12. The van der Waals surface area contributed by atoms with Gasteiger partial charge in [-0.15, -0.1) is 0 Å². The van der Waals surface area contributed by atoms with Gasteiger partial charge in [-0.1, -0.05) is 68.4 Å². The van der Waals surface area contributed by atoms with Crippen molar-refractivity contribution in [3.8, 4) is 6.01 Å². The van der Waals surface area contributed by atoms with E-state index < -0.39 is 41.6 Å². The van der Waals surface area contributed by atoms with Crippen LogP contribution < -0.4 is 20.7 Å². The summed E-state index contributed by atoms with van der Waals surface area (Å²) < 4.78 is 6.13. The first-order valence-electron chi connectivity index (χ1n) is 18.0. The summed E-state index contributed by atoms with van der Waals surface area (Å²) in [7, 11) is 0. The van der Waals surface area contributed by atoms with Crippen LogP contribution in [-0.4, -0.2) is 91.6 Å². The summed E-state index contributed by atoms with van der Waals surface area (Å²) in [6.07, 6.45) is 1.57. The van der Waals surface area contributed by atoms with E-state index in [1.54, 1.807) is 18.3 Å². The number of para-hydroxylation sites is 1. The molecule has 1 aliphatic heterocycles. The smallest absolute Gasteiger partial charge is 0.316 e. The summed E-state index contributed by atoms with van der Waals surface area (Å²) in [6, 6.07) is 20.4. The van der Waals surface area contributed by atoms with Crippen molar-refractivity contribution in [2.45, 2.75) is 96.7 Å². The van der Waals surface area contributed by atoms with Gasteiger partial charge in [-0.3, -0.25) is 19.3 Å². The number of ether oxygens (including phenoxy) is 1. The van der Waals surface area contributed by atoms with E-state index in [2.05, 4.69) is 30.9 Å². The summed E-state index contributed by atoms with van der Waals surface area (Å²) in [6.45, 7) is 11.9. The van der Waals surface area contributed by atoms with Gasteiger partial charge < -0.3 is 25.8 Å². The number of rotatable bonds is 13. The van der Waals surface area contributed by atoms with E-state index in [1.165, 1.54) is 0 Å². The molecule has 12 nitrogen and oxygen atoms in total. The number of carbonyl (C=O) groups is 3. The minimum Gasteiger partial charge on any atom is -0.460 e. The van der Waals surface area contributed by atoms with E-state index in [-0.39, 0.29) is 36.2 Å². The van der Waals surface area contributed by atoms with Gasteiger partial charge >= 0.3 is 6.01 Å². The first-order valence-corrected chi connectivity index (χ1v) is 18.0. The maximum Gasteiger partial charge on any atom is 0.316 e.